The molecule has 0 aromatic heterocycles. The van der Waals surface area contributed by atoms with E-state index in [1.807, 2.05) is 18.2 Å². The number of amides is 2. The summed E-state index contributed by atoms with van der Waals surface area (Å²) in [5, 5.41) is 0. The van der Waals surface area contributed by atoms with Crippen LogP contribution in [0.25, 0.3) is 5.57 Å². The number of likely N-dealkylation sites (N-methyl/N-ethyl adjacent to an activating group) is 1. The minimum atomic E-state index is -0.197. The number of hydrogen-bond acceptors (Lipinski definition) is 4. The zero-order chi connectivity index (χ0) is 18.1. The molecule has 0 aliphatic carbocycles. The fourth-order valence-electron chi connectivity index (χ4n) is 3.03. The lowest BCUT2D eigenvalue weighted by molar-refractivity contribution is -0.121. The van der Waals surface area contributed by atoms with Crippen molar-refractivity contribution < 1.29 is 9.59 Å². The fourth-order valence-corrected chi connectivity index (χ4v) is 4.65. The Morgan fingerprint density at radius 3 is 2.56 bits per heavy atom. The lowest BCUT2D eigenvalue weighted by Crippen LogP contribution is -2.28. The maximum absolute atomic E-state index is 13.1. The number of benzene rings is 1. The molecule has 0 saturated carbocycles. The highest BCUT2D eigenvalue weighted by molar-refractivity contribution is 9.10. The summed E-state index contributed by atoms with van der Waals surface area (Å²) in [6.45, 7) is 2.84. The molecule has 1 fully saturated rings. The number of carbonyl (C=O) groups excluding carboxylic acids is 2. The van der Waals surface area contributed by atoms with Crippen LogP contribution in [0.15, 0.2) is 27.6 Å². The van der Waals surface area contributed by atoms with Gasteiger partial charge in [-0.3, -0.25) is 14.5 Å². The van der Waals surface area contributed by atoms with E-state index in [2.05, 4.69) is 22.9 Å². The number of fused-ring (bicyclic) bond motifs is 1. The molecule has 4 nitrogen and oxygen atoms in total. The van der Waals surface area contributed by atoms with Crippen LogP contribution in [0.2, 0.25) is 0 Å². The van der Waals surface area contributed by atoms with Gasteiger partial charge < -0.3 is 4.90 Å². The molecule has 0 N–H and O–H groups in total. The zero-order valence-electron chi connectivity index (χ0n) is 14.2. The Kier molecular flexibility index (Phi) is 5.65. The van der Waals surface area contributed by atoms with Gasteiger partial charge in [0.05, 0.1) is 16.2 Å². The summed E-state index contributed by atoms with van der Waals surface area (Å²) < 4.78 is 1.37. The average molecular weight is 439 g/mol. The highest BCUT2D eigenvalue weighted by Gasteiger charge is 2.40. The van der Waals surface area contributed by atoms with E-state index < -0.39 is 0 Å². The zero-order valence-corrected chi connectivity index (χ0v) is 17.4. The molecule has 25 heavy (non-hydrogen) atoms. The number of hydrogen-bond donors (Lipinski definition) is 0. The molecule has 3 rings (SSSR count). The van der Waals surface area contributed by atoms with Gasteiger partial charge in [0.25, 0.3) is 11.8 Å². The monoisotopic (exact) mass is 438 g/mol. The molecule has 2 heterocycles. The molecule has 0 radical (unpaired) electrons. The number of anilines is 1. The summed E-state index contributed by atoms with van der Waals surface area (Å²) in [6.07, 6.45) is 4.37. The van der Waals surface area contributed by atoms with Crippen molar-refractivity contribution in [3.8, 4) is 0 Å². The van der Waals surface area contributed by atoms with Crippen molar-refractivity contribution in [3.63, 3.8) is 0 Å². The molecule has 132 valence electrons. The smallest absolute Gasteiger partial charge is 0.266 e. The average Bonchev–Trinajstić information content (AvgIpc) is 2.99. The van der Waals surface area contributed by atoms with E-state index in [4.69, 9.17) is 12.2 Å². The molecular formula is C18H19BrN2O2S2. The van der Waals surface area contributed by atoms with Gasteiger partial charge in [0, 0.05) is 23.6 Å². The Bertz CT molecular complexity index is 791. The van der Waals surface area contributed by atoms with E-state index in [-0.39, 0.29) is 11.8 Å². The Morgan fingerprint density at radius 1 is 1.16 bits per heavy atom. The van der Waals surface area contributed by atoms with Crippen LogP contribution >= 0.6 is 39.9 Å². The molecule has 2 aliphatic rings. The second-order valence-electron chi connectivity index (χ2n) is 6.12. The second-order valence-corrected chi connectivity index (χ2v) is 8.68. The van der Waals surface area contributed by atoms with Crippen LogP contribution in [0.3, 0.4) is 0 Å². The number of rotatable bonds is 5. The fraction of sp³-hybridized carbons (Fsp3) is 0.389. The maximum atomic E-state index is 13.1. The van der Waals surface area contributed by atoms with Gasteiger partial charge in [0.15, 0.2) is 0 Å². The van der Waals surface area contributed by atoms with Gasteiger partial charge in [-0.1, -0.05) is 66.1 Å². The predicted molar refractivity (Wildman–Crippen MR) is 111 cm³/mol. The molecule has 1 aromatic carbocycles. The number of unbranched alkanes of at least 4 members (excludes halogenated alkanes) is 3. The highest BCUT2D eigenvalue weighted by atomic mass is 79.9. The van der Waals surface area contributed by atoms with Crippen LogP contribution in [-0.4, -0.2) is 34.6 Å². The lowest BCUT2D eigenvalue weighted by Gasteiger charge is -2.17. The molecule has 2 amide bonds. The van der Waals surface area contributed by atoms with Gasteiger partial charge in [0.1, 0.15) is 4.32 Å². The minimum Gasteiger partial charge on any atom is -0.308 e. The van der Waals surface area contributed by atoms with Crippen LogP contribution in [0.1, 0.15) is 38.2 Å². The van der Waals surface area contributed by atoms with Crippen molar-refractivity contribution in [2.24, 2.45) is 0 Å². The van der Waals surface area contributed by atoms with Gasteiger partial charge >= 0.3 is 0 Å². The summed E-state index contributed by atoms with van der Waals surface area (Å²) in [6, 6.07) is 5.78. The summed E-state index contributed by atoms with van der Waals surface area (Å²) in [7, 11) is 1.65. The Labute approximate surface area is 165 Å². The summed E-state index contributed by atoms with van der Waals surface area (Å²) in [5.41, 5.74) is 2.17. The number of halogens is 1. The van der Waals surface area contributed by atoms with E-state index in [1.54, 1.807) is 11.9 Å². The van der Waals surface area contributed by atoms with Gasteiger partial charge in [-0.2, -0.15) is 0 Å². The molecule has 1 saturated heterocycles. The summed E-state index contributed by atoms with van der Waals surface area (Å²) in [4.78, 5) is 29.3. The summed E-state index contributed by atoms with van der Waals surface area (Å²) >= 11 is 9.91. The van der Waals surface area contributed by atoms with E-state index in [0.717, 1.165) is 41.4 Å². The van der Waals surface area contributed by atoms with Crippen LogP contribution in [0, 0.1) is 0 Å². The topological polar surface area (TPSA) is 40.6 Å². The SMILES string of the molecule is CCCCCCN1C(=O)C(=C2SC(=S)N(C)C2=O)c2cc(Br)ccc21. The third-order valence-corrected chi connectivity index (χ3v) is 6.45. The van der Waals surface area contributed by atoms with E-state index in [0.29, 0.717) is 21.3 Å². The first-order chi connectivity index (χ1) is 12.0. The number of thiocarbonyl (C=S) groups is 1. The largest absolute Gasteiger partial charge is 0.308 e. The molecule has 7 heteroatoms. The number of carbonyl (C=O) groups is 2. The van der Waals surface area contributed by atoms with Crippen molar-refractivity contribution in [2.45, 2.75) is 32.6 Å². The second kappa shape index (κ2) is 7.60. The molecule has 2 aliphatic heterocycles. The van der Waals surface area contributed by atoms with Crippen molar-refractivity contribution in [1.29, 1.82) is 0 Å². The first-order valence-corrected chi connectivity index (χ1v) is 10.3. The van der Waals surface area contributed by atoms with Crippen LogP contribution in [0.5, 0.6) is 0 Å². The van der Waals surface area contributed by atoms with Gasteiger partial charge in [-0.25, -0.2) is 0 Å². The Hall–Kier alpha value is -1.18. The van der Waals surface area contributed by atoms with Crippen LogP contribution in [0.4, 0.5) is 5.69 Å². The van der Waals surface area contributed by atoms with E-state index in [1.165, 1.54) is 16.7 Å². The van der Waals surface area contributed by atoms with Crippen LogP contribution in [-0.2, 0) is 9.59 Å². The van der Waals surface area contributed by atoms with E-state index >= 15 is 0 Å². The van der Waals surface area contributed by atoms with Crippen molar-refractivity contribution in [3.05, 3.63) is 33.1 Å². The molecule has 0 spiro atoms. The van der Waals surface area contributed by atoms with Gasteiger partial charge in [-0.15, -0.1) is 0 Å². The molecule has 0 bridgehead atoms. The molecule has 1 aromatic rings. The summed E-state index contributed by atoms with van der Waals surface area (Å²) in [5.74, 6) is -0.296. The van der Waals surface area contributed by atoms with Crippen molar-refractivity contribution in [2.75, 3.05) is 18.5 Å². The normalized spacial score (nSPS) is 20.0. The van der Waals surface area contributed by atoms with E-state index in [9.17, 15) is 9.59 Å². The first-order valence-electron chi connectivity index (χ1n) is 8.31. The highest BCUT2D eigenvalue weighted by Crippen LogP contribution is 2.45. The molecule has 0 unspecified atom stereocenters. The Balaban J connectivity index is 2.01. The van der Waals surface area contributed by atoms with Crippen molar-refractivity contribution in [1.82, 2.24) is 4.90 Å². The number of thioether (sulfide) groups is 1. The van der Waals surface area contributed by atoms with Gasteiger partial charge in [0.2, 0.25) is 0 Å². The number of nitrogens with zero attached hydrogens (tertiary/aromatic N) is 2. The van der Waals surface area contributed by atoms with Crippen LogP contribution < -0.4 is 4.90 Å². The molecular weight excluding hydrogens is 420 g/mol. The third-order valence-electron chi connectivity index (χ3n) is 4.40. The lowest BCUT2D eigenvalue weighted by atomic mass is 10.1. The maximum Gasteiger partial charge on any atom is 0.266 e. The third kappa shape index (κ3) is 3.41. The Morgan fingerprint density at radius 2 is 1.92 bits per heavy atom. The van der Waals surface area contributed by atoms with Gasteiger partial charge in [-0.05, 0) is 24.6 Å². The standard InChI is InChI=1S/C18H19BrN2O2S2/c1-3-4-5-6-9-21-13-8-7-11(19)10-12(13)14(16(21)22)15-17(23)20(2)18(24)25-15/h7-8,10H,3-6,9H2,1-2H3. The molecule has 0 atom stereocenters. The predicted octanol–water partition coefficient (Wildman–Crippen LogP) is 4.58. The quantitative estimate of drug-likeness (QED) is 0.383. The first kappa shape index (κ1) is 18.6. The minimum absolute atomic E-state index is 0.0986. The van der Waals surface area contributed by atoms with Crippen molar-refractivity contribution >= 4 is 67.3 Å².